The van der Waals surface area contributed by atoms with E-state index in [1.807, 2.05) is 0 Å². The van der Waals surface area contributed by atoms with Crippen molar-refractivity contribution in [1.29, 1.82) is 0 Å². The molecule has 0 amide bonds. The van der Waals surface area contributed by atoms with Gasteiger partial charge in [-0.2, -0.15) is 0 Å². The molecule has 3 unspecified atom stereocenters. The van der Waals surface area contributed by atoms with Crippen molar-refractivity contribution < 1.29 is 80.2 Å². The fraction of sp³-hybridized carbons (Fsp3) is 0.951. The van der Waals surface area contributed by atoms with Crippen LogP contribution in [0, 0.1) is 5.92 Å². The van der Waals surface area contributed by atoms with Gasteiger partial charge >= 0.3 is 39.5 Å². The molecule has 0 saturated carbocycles. The summed E-state index contributed by atoms with van der Waals surface area (Å²) >= 11 is 0. The third-order valence-corrected chi connectivity index (χ3v) is 21.5. The van der Waals surface area contributed by atoms with Gasteiger partial charge in [0.25, 0.3) is 0 Å². The Balaban J connectivity index is 5.22. The van der Waals surface area contributed by atoms with E-state index in [0.29, 0.717) is 25.7 Å². The standard InChI is InChI=1S/C82H160O17P2/c1-6-10-13-16-19-22-25-28-29-30-31-32-33-34-35-36-38-41-48-53-58-63-68-82(87)99-78(72-93-80(85)66-61-56-51-46-43-42-44-49-54-59-64-75(5)9-4)74-97-101(90,91)95-70-76(83)69-94-100(88,89)96-73-77(71-92-79(84)65-60-55-50-45-39-27-24-21-18-15-12-8-3)98-81(86)67-62-57-52-47-40-37-26-23-20-17-14-11-7-2/h75-78,83H,6-74H2,1-5H3,(H,88,89)(H,90,91)/t75?,76-,77+,78+/m0/s1. The highest BCUT2D eigenvalue weighted by Crippen LogP contribution is 2.45. The zero-order valence-corrected chi connectivity index (χ0v) is 67.8. The van der Waals surface area contributed by atoms with E-state index in [9.17, 15) is 43.2 Å². The minimum Gasteiger partial charge on any atom is -0.462 e. The molecular weight excluding hydrogens is 1320 g/mol. The minimum absolute atomic E-state index is 0.108. The first-order valence-corrected chi connectivity index (χ1v) is 45.7. The number of unbranched alkanes of at least 4 members (excludes halogenated alkanes) is 53. The van der Waals surface area contributed by atoms with Crippen LogP contribution in [0.2, 0.25) is 0 Å². The molecule has 19 heteroatoms. The van der Waals surface area contributed by atoms with E-state index in [1.165, 1.54) is 263 Å². The van der Waals surface area contributed by atoms with Crippen molar-refractivity contribution in [2.24, 2.45) is 5.92 Å². The predicted molar refractivity (Wildman–Crippen MR) is 414 cm³/mol. The molecule has 6 atom stereocenters. The lowest BCUT2D eigenvalue weighted by Crippen LogP contribution is -2.30. The number of phosphoric acid groups is 2. The molecule has 0 fully saturated rings. The molecule has 0 aromatic heterocycles. The first-order valence-electron chi connectivity index (χ1n) is 42.7. The Labute approximate surface area is 619 Å². The average molecular weight is 1480 g/mol. The Morgan fingerprint density at radius 1 is 0.277 bits per heavy atom. The molecule has 0 aliphatic carbocycles. The van der Waals surface area contributed by atoms with E-state index in [-0.39, 0.29) is 25.7 Å². The molecule has 0 heterocycles. The number of hydrogen-bond donors (Lipinski definition) is 3. The van der Waals surface area contributed by atoms with Crippen molar-refractivity contribution in [1.82, 2.24) is 0 Å². The van der Waals surface area contributed by atoms with E-state index in [2.05, 4.69) is 34.6 Å². The second-order valence-electron chi connectivity index (χ2n) is 29.8. The maximum absolute atomic E-state index is 13.1. The van der Waals surface area contributed by atoms with Gasteiger partial charge < -0.3 is 33.8 Å². The lowest BCUT2D eigenvalue weighted by Gasteiger charge is -2.21. The van der Waals surface area contributed by atoms with Gasteiger partial charge in [0.15, 0.2) is 12.2 Å². The molecule has 0 radical (unpaired) electrons. The lowest BCUT2D eigenvalue weighted by atomic mass is 9.99. The molecule has 0 rings (SSSR count). The SMILES string of the molecule is CCCCCCCCCCCCCCCCCCCCCCCCC(=O)O[C@H](COC(=O)CCCCCCCCCCCCC(C)CC)COP(=O)(O)OC[C@@H](O)COP(=O)(O)OC[C@@H](COC(=O)CCCCCCCCCCCCCC)OC(=O)CCCCCCCCCCCCCCC. The lowest BCUT2D eigenvalue weighted by molar-refractivity contribution is -0.161. The van der Waals surface area contributed by atoms with E-state index >= 15 is 0 Å². The zero-order valence-electron chi connectivity index (χ0n) is 66.1. The van der Waals surface area contributed by atoms with Crippen molar-refractivity contribution in [3.05, 3.63) is 0 Å². The quantitative estimate of drug-likeness (QED) is 0.0222. The fourth-order valence-electron chi connectivity index (χ4n) is 12.7. The third kappa shape index (κ3) is 74.7. The summed E-state index contributed by atoms with van der Waals surface area (Å²) in [5, 5.41) is 10.6. The number of carbonyl (C=O) groups excluding carboxylic acids is 4. The topological polar surface area (TPSA) is 237 Å². The smallest absolute Gasteiger partial charge is 0.462 e. The van der Waals surface area contributed by atoms with Gasteiger partial charge in [0, 0.05) is 25.7 Å². The number of esters is 4. The van der Waals surface area contributed by atoms with Crippen LogP contribution in [-0.2, 0) is 65.4 Å². The van der Waals surface area contributed by atoms with Crippen LogP contribution >= 0.6 is 15.6 Å². The van der Waals surface area contributed by atoms with Crippen LogP contribution in [-0.4, -0.2) is 96.7 Å². The van der Waals surface area contributed by atoms with Crippen molar-refractivity contribution in [2.75, 3.05) is 39.6 Å². The van der Waals surface area contributed by atoms with Gasteiger partial charge in [-0.25, -0.2) is 9.13 Å². The Hall–Kier alpha value is -1.94. The predicted octanol–water partition coefficient (Wildman–Crippen LogP) is 24.8. The number of rotatable bonds is 82. The fourth-order valence-corrected chi connectivity index (χ4v) is 14.3. The average Bonchev–Trinajstić information content (AvgIpc) is 0.947. The molecule has 3 N–H and O–H groups in total. The van der Waals surface area contributed by atoms with Crippen LogP contribution in [0.1, 0.15) is 439 Å². The van der Waals surface area contributed by atoms with Gasteiger partial charge in [0.1, 0.15) is 19.3 Å². The number of aliphatic hydroxyl groups is 1. The highest BCUT2D eigenvalue weighted by atomic mass is 31.2. The largest absolute Gasteiger partial charge is 0.472 e. The van der Waals surface area contributed by atoms with Gasteiger partial charge in [-0.15, -0.1) is 0 Å². The Morgan fingerprint density at radius 2 is 0.475 bits per heavy atom. The Morgan fingerprint density at radius 3 is 0.703 bits per heavy atom. The Bertz CT molecular complexity index is 1930. The molecule has 600 valence electrons. The van der Waals surface area contributed by atoms with E-state index < -0.39 is 97.5 Å². The van der Waals surface area contributed by atoms with Gasteiger partial charge in [-0.3, -0.25) is 37.3 Å². The second-order valence-corrected chi connectivity index (χ2v) is 32.7. The van der Waals surface area contributed by atoms with Crippen LogP contribution in [0.5, 0.6) is 0 Å². The highest BCUT2D eigenvalue weighted by molar-refractivity contribution is 7.47. The van der Waals surface area contributed by atoms with E-state index in [4.69, 9.17) is 37.0 Å². The summed E-state index contributed by atoms with van der Waals surface area (Å²) in [4.78, 5) is 73.1. The van der Waals surface area contributed by atoms with Gasteiger partial charge in [-0.05, 0) is 31.6 Å². The maximum Gasteiger partial charge on any atom is 0.472 e. The monoisotopic (exact) mass is 1480 g/mol. The molecule has 0 bridgehead atoms. The molecule has 0 aliphatic heterocycles. The van der Waals surface area contributed by atoms with Gasteiger partial charge in [0.2, 0.25) is 0 Å². The van der Waals surface area contributed by atoms with Crippen molar-refractivity contribution in [3.63, 3.8) is 0 Å². The van der Waals surface area contributed by atoms with Crippen molar-refractivity contribution >= 4 is 39.5 Å². The second kappa shape index (κ2) is 74.9. The van der Waals surface area contributed by atoms with Crippen molar-refractivity contribution in [3.8, 4) is 0 Å². The minimum atomic E-state index is -4.96. The van der Waals surface area contributed by atoms with E-state index in [0.717, 1.165) is 95.8 Å². The zero-order chi connectivity index (χ0) is 74.1. The molecular formula is C82H160O17P2. The molecule has 101 heavy (non-hydrogen) atoms. The summed E-state index contributed by atoms with van der Waals surface area (Å²) in [6.45, 7) is 7.36. The summed E-state index contributed by atoms with van der Waals surface area (Å²) in [5.74, 6) is -1.29. The molecule has 0 aromatic carbocycles. The summed E-state index contributed by atoms with van der Waals surface area (Å²) in [6.07, 6.45) is 66.5. The van der Waals surface area contributed by atoms with Crippen LogP contribution in [0.3, 0.4) is 0 Å². The number of phosphoric ester groups is 2. The Kier molecular flexibility index (Phi) is 73.5. The van der Waals surface area contributed by atoms with Crippen LogP contribution < -0.4 is 0 Å². The summed E-state index contributed by atoms with van der Waals surface area (Å²) in [5.41, 5.74) is 0. The molecule has 0 saturated heterocycles. The number of hydrogen-bond acceptors (Lipinski definition) is 15. The third-order valence-electron chi connectivity index (χ3n) is 19.6. The highest BCUT2D eigenvalue weighted by Gasteiger charge is 2.30. The van der Waals surface area contributed by atoms with Gasteiger partial charge in [0.05, 0.1) is 26.4 Å². The molecule has 0 spiro atoms. The normalized spacial score (nSPS) is 14.1. The van der Waals surface area contributed by atoms with Gasteiger partial charge in [-0.1, -0.05) is 388 Å². The maximum atomic E-state index is 13.1. The van der Waals surface area contributed by atoms with Crippen LogP contribution in [0.15, 0.2) is 0 Å². The first-order chi connectivity index (χ1) is 49.1. The number of carbonyl (C=O) groups is 4. The number of aliphatic hydroxyl groups excluding tert-OH is 1. The van der Waals surface area contributed by atoms with Crippen molar-refractivity contribution in [2.45, 2.75) is 457 Å². The first kappa shape index (κ1) is 99.1. The van der Waals surface area contributed by atoms with Crippen LogP contribution in [0.4, 0.5) is 0 Å². The molecule has 17 nitrogen and oxygen atoms in total. The summed E-state index contributed by atoms with van der Waals surface area (Å²) < 4.78 is 68.8. The molecule has 0 aromatic rings. The molecule has 0 aliphatic rings. The van der Waals surface area contributed by atoms with E-state index in [1.54, 1.807) is 0 Å². The number of ether oxygens (including phenoxy) is 4. The van der Waals surface area contributed by atoms with Crippen LogP contribution in [0.25, 0.3) is 0 Å². The summed E-state index contributed by atoms with van der Waals surface area (Å²) in [7, 11) is -9.92. The summed E-state index contributed by atoms with van der Waals surface area (Å²) in [6, 6.07) is 0.